The topological polar surface area (TPSA) is 27.7 Å². The van der Waals surface area contributed by atoms with E-state index in [0.29, 0.717) is 6.04 Å². The van der Waals surface area contributed by atoms with Crippen molar-refractivity contribution in [2.75, 3.05) is 51.8 Å². The Hall–Kier alpha value is -1.26. The van der Waals surface area contributed by atoms with Crippen LogP contribution in [0.3, 0.4) is 0 Å². The van der Waals surface area contributed by atoms with E-state index in [9.17, 15) is 0 Å². The molecule has 1 saturated heterocycles. The zero-order valence-electron chi connectivity index (χ0n) is 13.6. The van der Waals surface area contributed by atoms with Gasteiger partial charge in [0.25, 0.3) is 0 Å². The van der Waals surface area contributed by atoms with Crippen molar-refractivity contribution in [3.63, 3.8) is 0 Å². The van der Waals surface area contributed by atoms with Crippen molar-refractivity contribution in [2.45, 2.75) is 25.8 Å². The third-order valence-electron chi connectivity index (χ3n) is 4.40. The Morgan fingerprint density at radius 3 is 2.67 bits per heavy atom. The summed E-state index contributed by atoms with van der Waals surface area (Å²) in [5, 5.41) is 3.30. The van der Waals surface area contributed by atoms with E-state index in [0.717, 1.165) is 31.9 Å². The maximum absolute atomic E-state index is 5.31. The average Bonchev–Trinajstić information content (AvgIpc) is 2.55. The number of hydrogen-bond acceptors (Lipinski definition) is 4. The van der Waals surface area contributed by atoms with E-state index < -0.39 is 0 Å². The van der Waals surface area contributed by atoms with E-state index in [-0.39, 0.29) is 0 Å². The Morgan fingerprint density at radius 1 is 1.24 bits per heavy atom. The number of hydrogen-bond donors (Lipinski definition) is 1. The lowest BCUT2D eigenvalue weighted by Crippen LogP contribution is -2.46. The van der Waals surface area contributed by atoms with Crippen LogP contribution in [-0.4, -0.2) is 57.8 Å². The van der Waals surface area contributed by atoms with E-state index in [1.54, 1.807) is 7.11 Å². The summed E-state index contributed by atoms with van der Waals surface area (Å²) in [7, 11) is 3.76. The van der Waals surface area contributed by atoms with Crippen LogP contribution in [0.25, 0.3) is 0 Å². The summed E-state index contributed by atoms with van der Waals surface area (Å²) in [6.07, 6.45) is 2.54. The molecule has 0 bridgehead atoms. The molecule has 1 fully saturated rings. The fourth-order valence-electron chi connectivity index (χ4n) is 2.80. The summed E-state index contributed by atoms with van der Waals surface area (Å²) in [6.45, 7) is 8.00. The summed E-state index contributed by atoms with van der Waals surface area (Å²) in [5.41, 5.74) is 1.28. The van der Waals surface area contributed by atoms with Crippen LogP contribution in [0.1, 0.15) is 19.8 Å². The molecular weight excluding hydrogens is 262 g/mol. The van der Waals surface area contributed by atoms with E-state index in [1.165, 1.54) is 25.1 Å². The standard InChI is InChI=1S/C17H29N3O/c1-15(18-2)6-5-9-19-10-12-20(13-11-19)16-7-4-8-17(14-16)21-3/h4,7-8,14-15,18H,5-6,9-13H2,1-3H3. The number of nitrogens with one attached hydrogen (secondary N) is 1. The molecule has 1 atom stereocenters. The van der Waals surface area contributed by atoms with E-state index >= 15 is 0 Å². The van der Waals surface area contributed by atoms with Gasteiger partial charge in [-0.3, -0.25) is 4.90 Å². The van der Waals surface area contributed by atoms with Crippen LogP contribution >= 0.6 is 0 Å². The Bertz CT molecular complexity index is 416. The lowest BCUT2D eigenvalue weighted by molar-refractivity contribution is 0.249. The molecule has 1 N–H and O–H groups in total. The lowest BCUT2D eigenvalue weighted by Gasteiger charge is -2.36. The Morgan fingerprint density at radius 2 is 2.00 bits per heavy atom. The van der Waals surface area contributed by atoms with Gasteiger partial charge in [-0.15, -0.1) is 0 Å². The number of nitrogens with zero attached hydrogens (tertiary/aromatic N) is 2. The van der Waals surface area contributed by atoms with Crippen LogP contribution in [-0.2, 0) is 0 Å². The van der Waals surface area contributed by atoms with Crippen molar-refractivity contribution in [2.24, 2.45) is 0 Å². The molecule has 4 heteroatoms. The number of rotatable bonds is 7. The normalized spacial score (nSPS) is 17.8. The molecule has 0 radical (unpaired) electrons. The first kappa shape index (κ1) is 16.1. The van der Waals surface area contributed by atoms with Crippen LogP contribution in [0.5, 0.6) is 5.75 Å². The van der Waals surface area contributed by atoms with Gasteiger partial charge < -0.3 is 15.0 Å². The predicted molar refractivity (Wildman–Crippen MR) is 89.4 cm³/mol. The second-order valence-electron chi connectivity index (χ2n) is 5.86. The third-order valence-corrected chi connectivity index (χ3v) is 4.40. The smallest absolute Gasteiger partial charge is 0.120 e. The van der Waals surface area contributed by atoms with Gasteiger partial charge in [0.1, 0.15) is 5.75 Å². The number of methoxy groups -OCH3 is 1. The Labute approximate surface area is 129 Å². The highest BCUT2D eigenvalue weighted by Crippen LogP contribution is 2.22. The second-order valence-corrected chi connectivity index (χ2v) is 5.86. The molecule has 2 rings (SSSR count). The van der Waals surface area contributed by atoms with Gasteiger partial charge in [0.05, 0.1) is 7.11 Å². The molecule has 1 heterocycles. The van der Waals surface area contributed by atoms with Crippen molar-refractivity contribution in [1.29, 1.82) is 0 Å². The highest BCUT2D eigenvalue weighted by molar-refractivity contribution is 5.51. The lowest BCUT2D eigenvalue weighted by atomic mass is 10.1. The van der Waals surface area contributed by atoms with Crippen molar-refractivity contribution in [1.82, 2.24) is 10.2 Å². The molecule has 4 nitrogen and oxygen atoms in total. The highest BCUT2D eigenvalue weighted by atomic mass is 16.5. The number of ether oxygens (including phenoxy) is 1. The van der Waals surface area contributed by atoms with E-state index in [1.807, 2.05) is 13.1 Å². The fraction of sp³-hybridized carbons (Fsp3) is 0.647. The molecule has 0 spiro atoms. The van der Waals surface area contributed by atoms with Gasteiger partial charge in [0.2, 0.25) is 0 Å². The van der Waals surface area contributed by atoms with Crippen molar-refractivity contribution in [3.05, 3.63) is 24.3 Å². The molecular formula is C17H29N3O. The maximum atomic E-state index is 5.31. The highest BCUT2D eigenvalue weighted by Gasteiger charge is 2.17. The first-order chi connectivity index (χ1) is 10.2. The quantitative estimate of drug-likeness (QED) is 0.833. The summed E-state index contributed by atoms with van der Waals surface area (Å²) >= 11 is 0. The summed E-state index contributed by atoms with van der Waals surface area (Å²) in [4.78, 5) is 5.04. The van der Waals surface area contributed by atoms with Gasteiger partial charge in [-0.1, -0.05) is 6.07 Å². The molecule has 0 saturated carbocycles. The zero-order valence-corrected chi connectivity index (χ0v) is 13.6. The first-order valence-corrected chi connectivity index (χ1v) is 8.01. The molecule has 0 aliphatic carbocycles. The maximum Gasteiger partial charge on any atom is 0.120 e. The van der Waals surface area contributed by atoms with Gasteiger partial charge in [0, 0.05) is 44.0 Å². The summed E-state index contributed by atoms with van der Waals surface area (Å²) in [5.74, 6) is 0.941. The Balaban J connectivity index is 1.75. The molecule has 1 aliphatic rings. The molecule has 1 aromatic carbocycles. The van der Waals surface area contributed by atoms with Crippen molar-refractivity contribution in [3.8, 4) is 5.75 Å². The van der Waals surface area contributed by atoms with Crippen molar-refractivity contribution < 1.29 is 4.74 Å². The van der Waals surface area contributed by atoms with Crippen molar-refractivity contribution >= 4 is 5.69 Å². The largest absolute Gasteiger partial charge is 0.497 e. The Kier molecular flexibility index (Phi) is 6.33. The fourth-order valence-corrected chi connectivity index (χ4v) is 2.80. The molecule has 1 aromatic rings. The number of piperazine rings is 1. The molecule has 1 unspecified atom stereocenters. The zero-order chi connectivity index (χ0) is 15.1. The van der Waals surface area contributed by atoms with Gasteiger partial charge in [-0.25, -0.2) is 0 Å². The average molecular weight is 291 g/mol. The minimum absolute atomic E-state index is 0.628. The molecule has 0 amide bonds. The minimum Gasteiger partial charge on any atom is -0.497 e. The van der Waals surface area contributed by atoms with E-state index in [4.69, 9.17) is 4.74 Å². The van der Waals surface area contributed by atoms with Gasteiger partial charge in [-0.05, 0) is 45.5 Å². The van der Waals surface area contributed by atoms with Crippen LogP contribution in [0.4, 0.5) is 5.69 Å². The molecule has 1 aliphatic heterocycles. The van der Waals surface area contributed by atoms with Gasteiger partial charge in [0.15, 0.2) is 0 Å². The summed E-state index contributed by atoms with van der Waals surface area (Å²) < 4.78 is 5.31. The van der Waals surface area contributed by atoms with Crippen LogP contribution in [0.15, 0.2) is 24.3 Å². The molecule has 0 aromatic heterocycles. The number of anilines is 1. The SMILES string of the molecule is CNC(C)CCCN1CCN(c2cccc(OC)c2)CC1. The summed E-state index contributed by atoms with van der Waals surface area (Å²) in [6, 6.07) is 9.00. The predicted octanol–water partition coefficient (Wildman–Crippen LogP) is 2.21. The van der Waals surface area contributed by atoms with Gasteiger partial charge >= 0.3 is 0 Å². The molecule has 118 valence electrons. The third kappa shape index (κ3) is 4.90. The van der Waals surface area contributed by atoms with Crippen LogP contribution in [0.2, 0.25) is 0 Å². The first-order valence-electron chi connectivity index (χ1n) is 8.01. The van der Waals surface area contributed by atoms with Crippen LogP contribution in [0, 0.1) is 0 Å². The number of benzene rings is 1. The monoisotopic (exact) mass is 291 g/mol. The molecule has 21 heavy (non-hydrogen) atoms. The van der Waals surface area contributed by atoms with Gasteiger partial charge in [-0.2, -0.15) is 0 Å². The second kappa shape index (κ2) is 8.25. The van der Waals surface area contributed by atoms with Crippen LogP contribution < -0.4 is 15.0 Å². The van der Waals surface area contributed by atoms with E-state index in [2.05, 4.69) is 40.2 Å². The minimum atomic E-state index is 0.628.